The summed E-state index contributed by atoms with van der Waals surface area (Å²) in [4.78, 5) is 11.9. The fourth-order valence-corrected chi connectivity index (χ4v) is 2.12. The van der Waals surface area contributed by atoms with Crippen LogP contribution in [0.3, 0.4) is 0 Å². The predicted octanol–water partition coefficient (Wildman–Crippen LogP) is 3.09. The summed E-state index contributed by atoms with van der Waals surface area (Å²) in [5.74, 6) is -0.278. The van der Waals surface area contributed by atoms with Crippen LogP contribution in [0.25, 0.3) is 0 Å². The largest absolute Gasteiger partial charge is 0.321 e. The summed E-state index contributed by atoms with van der Waals surface area (Å²) in [6.07, 6.45) is 1.72. The van der Waals surface area contributed by atoms with Crippen LogP contribution in [0.1, 0.15) is 10.5 Å². The number of anilines is 1. The second-order valence-corrected chi connectivity index (χ2v) is 4.75. The van der Waals surface area contributed by atoms with Crippen LogP contribution in [-0.4, -0.2) is 15.7 Å². The summed E-state index contributed by atoms with van der Waals surface area (Å²) in [7, 11) is 1.75. The maximum atomic E-state index is 11.9. The minimum absolute atomic E-state index is 0.278. The van der Waals surface area contributed by atoms with Crippen molar-refractivity contribution in [2.75, 3.05) is 5.32 Å². The highest BCUT2D eigenvalue weighted by atomic mass is 79.9. The summed E-state index contributed by atoms with van der Waals surface area (Å²) < 4.78 is 2.22. The van der Waals surface area contributed by atoms with Crippen molar-refractivity contribution in [2.24, 2.45) is 7.05 Å². The molecule has 17 heavy (non-hydrogen) atoms. The second kappa shape index (κ2) is 4.89. The van der Waals surface area contributed by atoms with E-state index in [-0.39, 0.29) is 5.91 Å². The SMILES string of the molecule is Cn1cc(Br)c(C(=O)Nc2cccc(Cl)c2)n1. The van der Waals surface area contributed by atoms with Crippen LogP contribution in [-0.2, 0) is 7.05 Å². The molecule has 0 saturated carbocycles. The van der Waals surface area contributed by atoms with E-state index in [0.717, 1.165) is 0 Å². The zero-order chi connectivity index (χ0) is 12.4. The summed E-state index contributed by atoms with van der Waals surface area (Å²) in [5.41, 5.74) is 0.979. The van der Waals surface area contributed by atoms with Gasteiger partial charge in [0, 0.05) is 24.0 Å². The zero-order valence-electron chi connectivity index (χ0n) is 8.95. The zero-order valence-corrected chi connectivity index (χ0v) is 11.3. The molecule has 0 atom stereocenters. The van der Waals surface area contributed by atoms with E-state index in [1.165, 1.54) is 0 Å². The van der Waals surface area contributed by atoms with Crippen LogP contribution in [0.15, 0.2) is 34.9 Å². The molecule has 0 aliphatic carbocycles. The fraction of sp³-hybridized carbons (Fsp3) is 0.0909. The average molecular weight is 315 g/mol. The van der Waals surface area contributed by atoms with E-state index in [0.29, 0.717) is 20.9 Å². The third kappa shape index (κ3) is 2.87. The third-order valence-corrected chi connectivity index (χ3v) is 2.90. The summed E-state index contributed by atoms with van der Waals surface area (Å²) in [5, 5.41) is 7.35. The molecule has 1 amide bonds. The number of carbonyl (C=O) groups is 1. The minimum atomic E-state index is -0.278. The first-order valence-corrected chi connectivity index (χ1v) is 5.99. The van der Waals surface area contributed by atoms with Gasteiger partial charge in [0.25, 0.3) is 5.91 Å². The Morgan fingerprint density at radius 2 is 2.29 bits per heavy atom. The van der Waals surface area contributed by atoms with Gasteiger partial charge < -0.3 is 5.32 Å². The number of halogens is 2. The number of nitrogens with one attached hydrogen (secondary N) is 1. The topological polar surface area (TPSA) is 46.9 Å². The van der Waals surface area contributed by atoms with Crippen LogP contribution in [0.2, 0.25) is 5.02 Å². The first kappa shape index (κ1) is 12.1. The van der Waals surface area contributed by atoms with Crippen LogP contribution in [0, 0.1) is 0 Å². The number of rotatable bonds is 2. The standard InChI is InChI=1S/C11H9BrClN3O/c1-16-6-9(12)10(15-16)11(17)14-8-4-2-3-7(13)5-8/h2-6H,1H3,(H,14,17). The molecule has 0 radical (unpaired) electrons. The predicted molar refractivity (Wildman–Crippen MR) is 70.3 cm³/mol. The maximum Gasteiger partial charge on any atom is 0.277 e. The lowest BCUT2D eigenvalue weighted by Crippen LogP contribution is -2.13. The molecule has 0 unspecified atom stereocenters. The van der Waals surface area contributed by atoms with Gasteiger partial charge in [0.05, 0.1) is 4.47 Å². The Balaban J connectivity index is 2.20. The molecule has 4 nitrogen and oxygen atoms in total. The first-order valence-electron chi connectivity index (χ1n) is 4.82. The van der Waals surface area contributed by atoms with Crippen LogP contribution < -0.4 is 5.32 Å². The van der Waals surface area contributed by atoms with Gasteiger partial charge in [-0.2, -0.15) is 5.10 Å². The molecule has 0 fully saturated rings. The molecular formula is C11H9BrClN3O. The van der Waals surface area contributed by atoms with E-state index in [2.05, 4.69) is 26.3 Å². The molecule has 1 aromatic carbocycles. The van der Waals surface area contributed by atoms with Gasteiger partial charge in [-0.3, -0.25) is 9.48 Å². The van der Waals surface area contributed by atoms with Crippen molar-refractivity contribution >= 4 is 39.1 Å². The summed E-state index contributed by atoms with van der Waals surface area (Å²) in [6.45, 7) is 0. The van der Waals surface area contributed by atoms with E-state index in [4.69, 9.17) is 11.6 Å². The highest BCUT2D eigenvalue weighted by Gasteiger charge is 2.14. The van der Waals surface area contributed by atoms with E-state index >= 15 is 0 Å². The van der Waals surface area contributed by atoms with Crippen molar-refractivity contribution in [1.29, 1.82) is 0 Å². The number of nitrogens with zero attached hydrogens (tertiary/aromatic N) is 2. The highest BCUT2D eigenvalue weighted by molar-refractivity contribution is 9.10. The van der Waals surface area contributed by atoms with E-state index in [9.17, 15) is 4.79 Å². The summed E-state index contributed by atoms with van der Waals surface area (Å²) >= 11 is 9.10. The Hall–Kier alpha value is -1.33. The third-order valence-electron chi connectivity index (χ3n) is 2.08. The van der Waals surface area contributed by atoms with Gasteiger partial charge in [-0.25, -0.2) is 0 Å². The van der Waals surface area contributed by atoms with Crippen molar-refractivity contribution < 1.29 is 4.79 Å². The van der Waals surface area contributed by atoms with Gasteiger partial charge >= 0.3 is 0 Å². The van der Waals surface area contributed by atoms with Crippen LogP contribution in [0.5, 0.6) is 0 Å². The molecular weight excluding hydrogens is 305 g/mol. The first-order chi connectivity index (χ1) is 8.06. The molecule has 0 aliphatic rings. The molecule has 2 aromatic rings. The number of amides is 1. The van der Waals surface area contributed by atoms with Gasteiger partial charge in [0.15, 0.2) is 5.69 Å². The monoisotopic (exact) mass is 313 g/mol. The molecule has 6 heteroatoms. The number of carbonyl (C=O) groups excluding carboxylic acids is 1. The normalized spacial score (nSPS) is 10.3. The number of aryl methyl sites for hydroxylation is 1. The molecule has 0 saturated heterocycles. The Morgan fingerprint density at radius 3 is 2.88 bits per heavy atom. The van der Waals surface area contributed by atoms with Crippen molar-refractivity contribution in [3.63, 3.8) is 0 Å². The van der Waals surface area contributed by atoms with Gasteiger partial charge in [0.1, 0.15) is 0 Å². The lowest BCUT2D eigenvalue weighted by Gasteiger charge is -2.03. The number of aromatic nitrogens is 2. The lowest BCUT2D eigenvalue weighted by atomic mass is 10.3. The van der Waals surface area contributed by atoms with Crippen molar-refractivity contribution in [3.8, 4) is 0 Å². The van der Waals surface area contributed by atoms with E-state index in [1.807, 2.05) is 0 Å². The average Bonchev–Trinajstić information content (AvgIpc) is 2.58. The molecule has 0 aliphatic heterocycles. The van der Waals surface area contributed by atoms with Crippen LogP contribution >= 0.6 is 27.5 Å². The van der Waals surface area contributed by atoms with E-state index in [1.54, 1.807) is 42.2 Å². The number of benzene rings is 1. The number of hydrogen-bond donors (Lipinski definition) is 1. The Morgan fingerprint density at radius 1 is 1.53 bits per heavy atom. The highest BCUT2D eigenvalue weighted by Crippen LogP contribution is 2.18. The van der Waals surface area contributed by atoms with Crippen molar-refractivity contribution in [1.82, 2.24) is 9.78 Å². The molecule has 1 aromatic heterocycles. The summed E-state index contributed by atoms with van der Waals surface area (Å²) in [6, 6.07) is 6.95. The van der Waals surface area contributed by atoms with Crippen molar-refractivity contribution in [3.05, 3.63) is 45.7 Å². The minimum Gasteiger partial charge on any atom is -0.321 e. The van der Waals surface area contributed by atoms with Crippen LogP contribution in [0.4, 0.5) is 5.69 Å². The number of hydrogen-bond acceptors (Lipinski definition) is 2. The van der Waals surface area contributed by atoms with Gasteiger partial charge in [-0.1, -0.05) is 17.7 Å². The van der Waals surface area contributed by atoms with Gasteiger partial charge in [0.2, 0.25) is 0 Å². The van der Waals surface area contributed by atoms with E-state index < -0.39 is 0 Å². The fourth-order valence-electron chi connectivity index (χ4n) is 1.37. The molecule has 1 heterocycles. The van der Waals surface area contributed by atoms with Gasteiger partial charge in [-0.05, 0) is 34.1 Å². The Bertz CT molecular complexity index is 568. The Labute approximate surface area is 112 Å². The quantitative estimate of drug-likeness (QED) is 0.926. The molecule has 88 valence electrons. The second-order valence-electron chi connectivity index (χ2n) is 3.46. The van der Waals surface area contributed by atoms with Crippen molar-refractivity contribution in [2.45, 2.75) is 0 Å². The maximum absolute atomic E-state index is 11.9. The molecule has 1 N–H and O–H groups in total. The molecule has 2 rings (SSSR count). The Kier molecular flexibility index (Phi) is 3.49. The molecule has 0 spiro atoms. The lowest BCUT2D eigenvalue weighted by molar-refractivity contribution is 0.102. The molecule has 0 bridgehead atoms. The van der Waals surface area contributed by atoms with Gasteiger partial charge in [-0.15, -0.1) is 0 Å². The smallest absolute Gasteiger partial charge is 0.277 e.